The van der Waals surface area contributed by atoms with Gasteiger partial charge < -0.3 is 21.4 Å². The molecule has 0 aliphatic carbocycles. The van der Waals surface area contributed by atoms with E-state index in [0.29, 0.717) is 16.0 Å². The largest absolute Gasteiger partial charge is 1.00 e. The average molecular weight is 1030 g/mol. The Morgan fingerprint density at radius 3 is 1.49 bits per heavy atom. The number of benzene rings is 6. The van der Waals surface area contributed by atoms with E-state index in [1.165, 1.54) is 24.3 Å². The zero-order valence-electron chi connectivity index (χ0n) is 34.5. The predicted octanol–water partition coefficient (Wildman–Crippen LogP) is 6.04. The Morgan fingerprint density at radius 1 is 0.556 bits per heavy atom. The van der Waals surface area contributed by atoms with Crippen molar-refractivity contribution < 1.29 is 142 Å². The molecule has 0 atom stereocenters. The summed E-state index contributed by atoms with van der Waals surface area (Å²) in [7, 11) is 0. The minimum atomic E-state index is -0.574. The van der Waals surface area contributed by atoms with Gasteiger partial charge >= 0.3 is 103 Å². The quantitative estimate of drug-likeness (QED) is 0.0736. The van der Waals surface area contributed by atoms with Gasteiger partial charge in [0.05, 0.1) is 31.0 Å². The number of hydrogen-bond acceptors (Lipinski definition) is 7. The second-order valence-corrected chi connectivity index (χ2v) is 14.4. The van der Waals surface area contributed by atoms with E-state index in [1.807, 2.05) is 84.9 Å². The summed E-state index contributed by atoms with van der Waals surface area (Å²) in [5, 5.41) is 22.5. The molecule has 0 saturated heterocycles. The number of pyridine rings is 2. The van der Waals surface area contributed by atoms with Crippen molar-refractivity contribution in [1.29, 1.82) is 0 Å². The molecule has 0 fully saturated rings. The Hall–Kier alpha value is -3.73. The van der Waals surface area contributed by atoms with Crippen molar-refractivity contribution in [2.75, 3.05) is 0 Å². The van der Waals surface area contributed by atoms with Crippen LogP contribution in [0.4, 0.5) is 13.2 Å². The molecule has 63 heavy (non-hydrogen) atoms. The number of hydrogen-bond donors (Lipinski definition) is 1. The van der Waals surface area contributed by atoms with Crippen LogP contribution in [0, 0.1) is 17.5 Å². The number of carbonyl (C=O) groups excluding carboxylic acids is 1. The fraction of sp³-hybridized carbons (Fsp3) is 0. The predicted molar refractivity (Wildman–Crippen MR) is 235 cm³/mol. The maximum Gasteiger partial charge on any atom is 1.00 e. The van der Waals surface area contributed by atoms with E-state index in [4.69, 9.17) is 14.8 Å². The summed E-state index contributed by atoms with van der Waals surface area (Å²) < 4.78 is 48.8. The number of halogens is 5. The third-order valence-corrected chi connectivity index (χ3v) is 10.7. The van der Waals surface area contributed by atoms with Crippen molar-refractivity contribution in [3.05, 3.63) is 197 Å². The Morgan fingerprint density at radius 2 is 1.00 bits per heavy atom. The number of rotatable bonds is 5. The zero-order chi connectivity index (χ0) is 42.9. The molecule has 306 valence electrons. The van der Waals surface area contributed by atoms with Gasteiger partial charge in [-0.3, -0.25) is 13.9 Å². The third kappa shape index (κ3) is 11.8. The summed E-state index contributed by atoms with van der Waals surface area (Å²) in [5.41, 5.74) is 4.24. The van der Waals surface area contributed by atoms with Gasteiger partial charge in [0, 0.05) is 33.9 Å². The molecule has 0 aliphatic rings. The number of fused-ring (bicyclic) bond motifs is 6. The van der Waals surface area contributed by atoms with Crippen molar-refractivity contribution in [2.24, 2.45) is 0 Å². The van der Waals surface area contributed by atoms with E-state index in [1.54, 1.807) is 36.7 Å². The van der Waals surface area contributed by atoms with E-state index in [9.17, 15) is 18.3 Å². The maximum atomic E-state index is 13.8. The maximum absolute atomic E-state index is 13.8. The first-order valence-corrected chi connectivity index (χ1v) is 19.8. The zero-order valence-corrected chi connectivity index (χ0v) is 42.9. The first-order chi connectivity index (χ1) is 29.7. The Kier molecular flexibility index (Phi) is 19.1. The van der Waals surface area contributed by atoms with E-state index in [-0.39, 0.29) is 127 Å². The molecule has 0 aliphatic heterocycles. The van der Waals surface area contributed by atoms with Gasteiger partial charge in [0.1, 0.15) is 46.3 Å². The van der Waals surface area contributed by atoms with Crippen LogP contribution in [0.15, 0.2) is 179 Å². The van der Waals surface area contributed by atoms with Crippen molar-refractivity contribution >= 4 is 81.9 Å². The molecule has 0 spiro atoms. The van der Waals surface area contributed by atoms with Crippen LogP contribution in [0.1, 0.15) is 1.43 Å². The fourth-order valence-electron chi connectivity index (χ4n) is 6.61. The summed E-state index contributed by atoms with van der Waals surface area (Å²) in [4.78, 5) is 20.2. The van der Waals surface area contributed by atoms with Crippen molar-refractivity contribution in [3.63, 3.8) is 0 Å². The summed E-state index contributed by atoms with van der Waals surface area (Å²) in [5.74, 6) is 1.59. The van der Waals surface area contributed by atoms with Crippen LogP contribution in [-0.2, 0) is 9.68 Å². The average Bonchev–Trinajstić information content (AvgIpc) is 3.80. The van der Waals surface area contributed by atoms with E-state index in [0.717, 1.165) is 55.2 Å². The molecule has 0 amide bonds. The minimum absolute atomic E-state index is 0. The Balaban J connectivity index is 0.000000218. The van der Waals surface area contributed by atoms with Gasteiger partial charge in [-0.05, 0) is 129 Å². The summed E-state index contributed by atoms with van der Waals surface area (Å²) in [6, 6.07) is 47.8. The first kappa shape index (κ1) is 50.3. The molecule has 16 heteroatoms. The monoisotopic (exact) mass is 1020 g/mol. The van der Waals surface area contributed by atoms with Gasteiger partial charge in [-0.2, -0.15) is 0 Å². The fourth-order valence-corrected chi connectivity index (χ4v) is 7.22. The SMILES string of the molecule is Fc1cccc(F)c1Br.Fc1cccc(Oc2ccc3c(c2)c2ccccc2n3-c2ccccn2)c1Br.O=CO[O-].Oc1ccc2c(c1)c1ccccc1n2-c1ccccn1.[H-].[K+].[K+]. The van der Waals surface area contributed by atoms with Crippen LogP contribution in [0.3, 0.4) is 0 Å². The molecule has 0 radical (unpaired) electrons. The second kappa shape index (κ2) is 24.0. The molecule has 10 aromatic rings. The molecule has 0 bridgehead atoms. The van der Waals surface area contributed by atoms with Crippen LogP contribution in [-0.4, -0.2) is 30.7 Å². The Labute approximate surface area is 462 Å². The van der Waals surface area contributed by atoms with Gasteiger partial charge in [-0.25, -0.2) is 23.1 Å². The number of ether oxygens (including phenoxy) is 1. The normalized spacial score (nSPS) is 10.3. The van der Waals surface area contributed by atoms with Gasteiger partial charge in [0.25, 0.3) is 6.47 Å². The molecule has 6 aromatic carbocycles. The molecule has 1 N–H and O–H groups in total. The molecular formula is C47H31Br2F3K2N4O5. The number of carbonyl (C=O) groups is 1. The standard InChI is InChI=1S/C23H14BrFN2O.C17H12N2O.C6H3BrF2.CH2O3.2K.H/c24-23-18(25)7-5-9-21(23)28-15-11-12-20-17(14-15)16-6-1-2-8-19(16)27(20)22-10-3-4-13-26-22;20-12-8-9-16-14(11-12)13-5-1-2-6-15(13)19(16)17-7-3-4-10-18-17;7-6-4(8)2-1-3-5(6)9;2-1-4-3;;;/h1-14H;1-11,20H;1-3H;1,3H;;;/q;;;;2*+1;-1/p-1. The molecular weight excluding hydrogens is 996 g/mol. The Bertz CT molecular complexity index is 3110. The van der Waals surface area contributed by atoms with E-state index in [2.05, 4.69) is 80.1 Å². The summed E-state index contributed by atoms with van der Waals surface area (Å²) in [6.45, 7) is -0.181. The van der Waals surface area contributed by atoms with E-state index >= 15 is 0 Å². The molecule has 0 saturated carbocycles. The minimum Gasteiger partial charge on any atom is -1.00 e. The van der Waals surface area contributed by atoms with Crippen molar-refractivity contribution in [3.8, 4) is 28.9 Å². The van der Waals surface area contributed by atoms with Gasteiger partial charge in [-0.1, -0.05) is 60.7 Å². The van der Waals surface area contributed by atoms with Gasteiger partial charge in [0.2, 0.25) is 0 Å². The van der Waals surface area contributed by atoms with Crippen LogP contribution >= 0.6 is 31.9 Å². The smallest absolute Gasteiger partial charge is 1.00 e. The number of phenols is 1. The molecule has 4 aromatic heterocycles. The van der Waals surface area contributed by atoms with Crippen molar-refractivity contribution in [1.82, 2.24) is 19.1 Å². The number of phenolic OH excluding ortho intramolecular Hbond substituents is 1. The topological polar surface area (TPSA) is 114 Å². The van der Waals surface area contributed by atoms with Crippen LogP contribution in [0.25, 0.3) is 55.2 Å². The van der Waals surface area contributed by atoms with Crippen molar-refractivity contribution in [2.45, 2.75) is 0 Å². The van der Waals surface area contributed by atoms with Crippen LogP contribution in [0.2, 0.25) is 0 Å². The molecule has 0 unspecified atom stereocenters. The first-order valence-electron chi connectivity index (χ1n) is 18.2. The number of aromatic hydroxyl groups is 1. The van der Waals surface area contributed by atoms with Crippen LogP contribution < -0.4 is 113 Å². The van der Waals surface area contributed by atoms with E-state index < -0.39 is 11.6 Å². The number of aromatic nitrogens is 4. The second-order valence-electron chi connectivity index (χ2n) is 12.8. The molecule has 4 heterocycles. The van der Waals surface area contributed by atoms with Crippen LogP contribution in [0.5, 0.6) is 17.2 Å². The summed E-state index contributed by atoms with van der Waals surface area (Å²) in [6.07, 6.45) is 3.57. The van der Waals surface area contributed by atoms with Gasteiger partial charge in [0.15, 0.2) is 0 Å². The molecule has 10 rings (SSSR count). The van der Waals surface area contributed by atoms with Gasteiger partial charge in [-0.15, -0.1) is 0 Å². The number of nitrogens with zero attached hydrogens (tertiary/aromatic N) is 4. The summed E-state index contributed by atoms with van der Waals surface area (Å²) >= 11 is 5.98. The molecule has 9 nitrogen and oxygen atoms in total. The number of para-hydroxylation sites is 2. The third-order valence-electron chi connectivity index (χ3n) is 9.14.